The number of unbranched alkanes of at least 4 members (excludes halogenated alkanes) is 4. The van der Waals surface area contributed by atoms with Gasteiger partial charge in [-0.25, -0.2) is 0 Å². The SMILES string of the molecule is CCCCCCC(C)(CCCC)NCCCN(C)C. The van der Waals surface area contributed by atoms with Crippen LogP contribution in [0.25, 0.3) is 0 Å². The molecule has 2 nitrogen and oxygen atoms in total. The van der Waals surface area contributed by atoms with Gasteiger partial charge in [0.05, 0.1) is 0 Å². The highest BCUT2D eigenvalue weighted by molar-refractivity contribution is 4.82. The van der Waals surface area contributed by atoms with E-state index >= 15 is 0 Å². The largest absolute Gasteiger partial charge is 0.311 e. The lowest BCUT2D eigenvalue weighted by molar-refractivity contribution is 0.281. The smallest absolute Gasteiger partial charge is 0.0153 e. The monoisotopic (exact) mass is 270 g/mol. The van der Waals surface area contributed by atoms with Crippen LogP contribution in [-0.2, 0) is 0 Å². The van der Waals surface area contributed by atoms with E-state index in [1.54, 1.807) is 0 Å². The minimum absolute atomic E-state index is 0.371. The van der Waals surface area contributed by atoms with Gasteiger partial charge in [-0.3, -0.25) is 0 Å². The number of nitrogens with zero attached hydrogens (tertiary/aromatic N) is 1. The molecule has 0 amide bonds. The third-order valence-corrected chi connectivity index (χ3v) is 4.00. The summed E-state index contributed by atoms with van der Waals surface area (Å²) in [6.07, 6.45) is 12.1. The van der Waals surface area contributed by atoms with Crippen LogP contribution in [0.5, 0.6) is 0 Å². The van der Waals surface area contributed by atoms with Gasteiger partial charge in [0, 0.05) is 5.54 Å². The minimum Gasteiger partial charge on any atom is -0.311 e. The van der Waals surface area contributed by atoms with Crippen molar-refractivity contribution in [3.8, 4) is 0 Å². The summed E-state index contributed by atoms with van der Waals surface area (Å²) >= 11 is 0. The summed E-state index contributed by atoms with van der Waals surface area (Å²) in [5.41, 5.74) is 0.371. The molecule has 0 fully saturated rings. The fourth-order valence-electron chi connectivity index (χ4n) is 2.60. The average molecular weight is 271 g/mol. The topological polar surface area (TPSA) is 15.3 Å². The molecular formula is C17H38N2. The van der Waals surface area contributed by atoms with Crippen LogP contribution in [0.2, 0.25) is 0 Å². The minimum atomic E-state index is 0.371. The van der Waals surface area contributed by atoms with Gasteiger partial charge in [0.15, 0.2) is 0 Å². The molecule has 1 unspecified atom stereocenters. The van der Waals surface area contributed by atoms with Crippen LogP contribution in [0.1, 0.15) is 78.6 Å². The predicted octanol–water partition coefficient (Wildman–Crippen LogP) is 4.45. The molecule has 1 N–H and O–H groups in total. The molecule has 0 aliphatic heterocycles. The summed E-state index contributed by atoms with van der Waals surface area (Å²) in [5.74, 6) is 0. The van der Waals surface area contributed by atoms with E-state index < -0.39 is 0 Å². The van der Waals surface area contributed by atoms with Crippen LogP contribution in [0.4, 0.5) is 0 Å². The van der Waals surface area contributed by atoms with E-state index in [-0.39, 0.29) is 0 Å². The third kappa shape index (κ3) is 11.4. The Kier molecular flexibility index (Phi) is 11.7. The number of hydrogen-bond acceptors (Lipinski definition) is 2. The van der Waals surface area contributed by atoms with Crippen LogP contribution in [0, 0.1) is 0 Å². The molecule has 0 aromatic rings. The lowest BCUT2D eigenvalue weighted by Crippen LogP contribution is -2.43. The first-order chi connectivity index (χ1) is 9.04. The van der Waals surface area contributed by atoms with Gasteiger partial charge in [-0.15, -0.1) is 0 Å². The molecule has 0 aromatic carbocycles. The highest BCUT2D eigenvalue weighted by Gasteiger charge is 2.21. The zero-order valence-electron chi connectivity index (χ0n) is 14.2. The van der Waals surface area contributed by atoms with Crippen molar-refractivity contribution in [3.63, 3.8) is 0 Å². The molecule has 116 valence electrons. The molecule has 0 spiro atoms. The maximum absolute atomic E-state index is 3.84. The summed E-state index contributed by atoms with van der Waals surface area (Å²) in [6, 6.07) is 0. The zero-order valence-corrected chi connectivity index (χ0v) is 14.2. The molecule has 0 saturated heterocycles. The fraction of sp³-hybridized carbons (Fsp3) is 1.00. The Bertz CT molecular complexity index is 192. The van der Waals surface area contributed by atoms with Crippen molar-refractivity contribution in [2.24, 2.45) is 0 Å². The van der Waals surface area contributed by atoms with E-state index in [0.717, 1.165) is 6.54 Å². The van der Waals surface area contributed by atoms with Gasteiger partial charge in [0.1, 0.15) is 0 Å². The first-order valence-corrected chi connectivity index (χ1v) is 8.44. The quantitative estimate of drug-likeness (QED) is 0.498. The summed E-state index contributed by atoms with van der Waals surface area (Å²) in [6.45, 7) is 9.36. The van der Waals surface area contributed by atoms with Crippen molar-refractivity contribution in [2.45, 2.75) is 84.1 Å². The Hall–Kier alpha value is -0.0800. The second-order valence-corrected chi connectivity index (χ2v) is 6.56. The Balaban J connectivity index is 3.95. The summed E-state index contributed by atoms with van der Waals surface area (Å²) < 4.78 is 0. The molecular weight excluding hydrogens is 232 g/mol. The van der Waals surface area contributed by atoms with E-state index in [2.05, 4.69) is 45.1 Å². The molecule has 19 heavy (non-hydrogen) atoms. The van der Waals surface area contributed by atoms with Gasteiger partial charge in [-0.05, 0) is 53.4 Å². The van der Waals surface area contributed by atoms with E-state index in [0.29, 0.717) is 5.54 Å². The second kappa shape index (κ2) is 11.7. The van der Waals surface area contributed by atoms with Crippen LogP contribution in [0.3, 0.4) is 0 Å². The van der Waals surface area contributed by atoms with Crippen molar-refractivity contribution in [1.29, 1.82) is 0 Å². The summed E-state index contributed by atoms with van der Waals surface area (Å²) in [7, 11) is 4.31. The molecule has 0 saturated carbocycles. The molecule has 0 radical (unpaired) electrons. The van der Waals surface area contributed by atoms with Crippen molar-refractivity contribution in [3.05, 3.63) is 0 Å². The predicted molar refractivity (Wildman–Crippen MR) is 87.9 cm³/mol. The highest BCUT2D eigenvalue weighted by atomic mass is 15.1. The third-order valence-electron chi connectivity index (χ3n) is 4.00. The van der Waals surface area contributed by atoms with Crippen LogP contribution >= 0.6 is 0 Å². The lowest BCUT2D eigenvalue weighted by atomic mass is 9.88. The maximum Gasteiger partial charge on any atom is 0.0153 e. The Labute approximate surface area is 122 Å². The van der Waals surface area contributed by atoms with Crippen molar-refractivity contribution >= 4 is 0 Å². The number of nitrogens with one attached hydrogen (secondary N) is 1. The molecule has 0 bridgehead atoms. The van der Waals surface area contributed by atoms with Gasteiger partial charge >= 0.3 is 0 Å². The van der Waals surface area contributed by atoms with E-state index in [9.17, 15) is 0 Å². The zero-order chi connectivity index (χ0) is 14.6. The first kappa shape index (κ1) is 18.9. The molecule has 0 aliphatic carbocycles. The fourth-order valence-corrected chi connectivity index (χ4v) is 2.60. The van der Waals surface area contributed by atoms with E-state index in [1.807, 2.05) is 0 Å². The Morgan fingerprint density at radius 2 is 1.47 bits per heavy atom. The summed E-state index contributed by atoms with van der Waals surface area (Å²) in [5, 5.41) is 3.84. The average Bonchev–Trinajstić information content (AvgIpc) is 2.38. The molecule has 0 aromatic heterocycles. The van der Waals surface area contributed by atoms with E-state index in [1.165, 1.54) is 64.3 Å². The van der Waals surface area contributed by atoms with Crippen molar-refractivity contribution in [2.75, 3.05) is 27.2 Å². The van der Waals surface area contributed by atoms with Gasteiger partial charge in [-0.1, -0.05) is 52.4 Å². The standard InChI is InChI=1S/C17H38N2/c1-6-8-10-11-14-17(3,13-9-7-2)18-15-12-16-19(4)5/h18H,6-16H2,1-5H3. The van der Waals surface area contributed by atoms with Gasteiger partial charge in [-0.2, -0.15) is 0 Å². The van der Waals surface area contributed by atoms with Crippen molar-refractivity contribution in [1.82, 2.24) is 10.2 Å². The summed E-state index contributed by atoms with van der Waals surface area (Å²) in [4.78, 5) is 2.27. The molecule has 0 aliphatic rings. The van der Waals surface area contributed by atoms with Crippen LogP contribution in [0.15, 0.2) is 0 Å². The first-order valence-electron chi connectivity index (χ1n) is 8.44. The maximum atomic E-state index is 3.84. The molecule has 0 heterocycles. The van der Waals surface area contributed by atoms with Gasteiger partial charge in [0.2, 0.25) is 0 Å². The molecule has 2 heteroatoms. The Morgan fingerprint density at radius 1 is 0.842 bits per heavy atom. The molecule has 0 rings (SSSR count). The van der Waals surface area contributed by atoms with Gasteiger partial charge < -0.3 is 10.2 Å². The van der Waals surface area contributed by atoms with Crippen molar-refractivity contribution < 1.29 is 0 Å². The molecule has 1 atom stereocenters. The van der Waals surface area contributed by atoms with E-state index in [4.69, 9.17) is 0 Å². The number of hydrogen-bond donors (Lipinski definition) is 1. The van der Waals surface area contributed by atoms with Crippen LogP contribution < -0.4 is 5.32 Å². The van der Waals surface area contributed by atoms with Gasteiger partial charge in [0.25, 0.3) is 0 Å². The lowest BCUT2D eigenvalue weighted by Gasteiger charge is -2.32. The normalized spacial score (nSPS) is 14.8. The second-order valence-electron chi connectivity index (χ2n) is 6.56. The highest BCUT2D eigenvalue weighted by Crippen LogP contribution is 2.21. The number of rotatable bonds is 13. The Morgan fingerprint density at radius 3 is 2.05 bits per heavy atom. The van der Waals surface area contributed by atoms with Crippen LogP contribution in [-0.4, -0.2) is 37.6 Å².